The molecule has 0 aromatic heterocycles. The third kappa shape index (κ3) is 4.30. The summed E-state index contributed by atoms with van der Waals surface area (Å²) in [6.07, 6.45) is 7.35. The van der Waals surface area contributed by atoms with Crippen molar-refractivity contribution in [1.82, 2.24) is 10.6 Å². The van der Waals surface area contributed by atoms with Crippen molar-refractivity contribution in [3.8, 4) is 0 Å². The summed E-state index contributed by atoms with van der Waals surface area (Å²) in [5.74, 6) is 0.772. The molecule has 0 unspecified atom stereocenters. The Morgan fingerprint density at radius 3 is 2.59 bits per heavy atom. The van der Waals surface area contributed by atoms with Crippen LogP contribution in [0.4, 0.5) is 0 Å². The molecule has 1 aliphatic heterocycles. The fourth-order valence-electron chi connectivity index (χ4n) is 2.60. The number of hydrogen-bond donors (Lipinski definition) is 3. The molecule has 0 aromatic rings. The zero-order valence-electron chi connectivity index (χ0n) is 12.7. The number of ether oxygens (including phenoxy) is 1. The van der Waals surface area contributed by atoms with Crippen LogP contribution in [0, 0.1) is 11.8 Å². The van der Waals surface area contributed by atoms with Crippen LogP contribution in [0.1, 0.15) is 32.1 Å². The van der Waals surface area contributed by atoms with Crippen molar-refractivity contribution in [3.63, 3.8) is 0 Å². The maximum absolute atomic E-state index is 11.8. The van der Waals surface area contributed by atoms with Gasteiger partial charge in [-0.15, -0.1) is 0 Å². The highest BCUT2D eigenvalue weighted by Gasteiger charge is 2.34. The van der Waals surface area contributed by atoms with Crippen molar-refractivity contribution in [3.05, 3.63) is 12.2 Å². The molecule has 1 heterocycles. The van der Waals surface area contributed by atoms with Gasteiger partial charge >= 0.3 is 0 Å². The molecule has 6 nitrogen and oxygen atoms in total. The lowest BCUT2D eigenvalue weighted by Gasteiger charge is -2.31. The minimum Gasteiger partial charge on any atom is -0.394 e. The fraction of sp³-hybridized carbons (Fsp3) is 0.750. The SMILES string of the molecule is O=C(C[C@@H]1C=C[C@H](NC(=O)C2CC2)[C@H](CO)O1)NCC1CC1. The van der Waals surface area contributed by atoms with E-state index >= 15 is 0 Å². The minimum atomic E-state index is -0.492. The molecular weight excluding hydrogens is 284 g/mol. The van der Waals surface area contributed by atoms with Crippen molar-refractivity contribution < 1.29 is 19.4 Å². The lowest BCUT2D eigenvalue weighted by atomic mass is 10.0. The monoisotopic (exact) mass is 308 g/mol. The van der Waals surface area contributed by atoms with Gasteiger partial charge in [0, 0.05) is 12.5 Å². The number of hydrogen-bond acceptors (Lipinski definition) is 4. The summed E-state index contributed by atoms with van der Waals surface area (Å²) < 4.78 is 5.73. The van der Waals surface area contributed by atoms with Crippen LogP contribution >= 0.6 is 0 Å². The predicted octanol–water partition coefficient (Wildman–Crippen LogP) is 0.113. The first kappa shape index (κ1) is 15.5. The number of carbonyl (C=O) groups excluding carboxylic acids is 2. The van der Waals surface area contributed by atoms with Gasteiger partial charge < -0.3 is 20.5 Å². The predicted molar refractivity (Wildman–Crippen MR) is 79.9 cm³/mol. The second-order valence-corrected chi connectivity index (χ2v) is 6.54. The molecule has 3 N–H and O–H groups in total. The summed E-state index contributed by atoms with van der Waals surface area (Å²) >= 11 is 0. The van der Waals surface area contributed by atoms with Crippen LogP contribution in [0.5, 0.6) is 0 Å². The minimum absolute atomic E-state index is 0.0253. The average molecular weight is 308 g/mol. The van der Waals surface area contributed by atoms with E-state index in [0.29, 0.717) is 5.92 Å². The Hall–Kier alpha value is -1.40. The van der Waals surface area contributed by atoms with Crippen molar-refractivity contribution >= 4 is 11.8 Å². The van der Waals surface area contributed by atoms with Gasteiger partial charge in [-0.3, -0.25) is 9.59 Å². The Balaban J connectivity index is 1.47. The van der Waals surface area contributed by atoms with E-state index < -0.39 is 6.10 Å². The lowest BCUT2D eigenvalue weighted by Crippen LogP contribution is -2.49. The smallest absolute Gasteiger partial charge is 0.223 e. The van der Waals surface area contributed by atoms with Crippen LogP contribution in [0.2, 0.25) is 0 Å². The number of amides is 2. The van der Waals surface area contributed by atoms with Crippen LogP contribution in [0.15, 0.2) is 12.2 Å². The summed E-state index contributed by atoms with van der Waals surface area (Å²) in [6.45, 7) is 0.568. The van der Waals surface area contributed by atoms with Crippen LogP contribution in [0.25, 0.3) is 0 Å². The molecule has 0 saturated heterocycles. The van der Waals surface area contributed by atoms with Crippen molar-refractivity contribution in [1.29, 1.82) is 0 Å². The van der Waals surface area contributed by atoms with E-state index in [4.69, 9.17) is 4.74 Å². The lowest BCUT2D eigenvalue weighted by molar-refractivity contribution is -0.128. The summed E-state index contributed by atoms with van der Waals surface area (Å²) in [4.78, 5) is 23.6. The van der Waals surface area contributed by atoms with E-state index in [2.05, 4.69) is 10.6 Å². The summed E-state index contributed by atoms with van der Waals surface area (Å²) in [6, 6.07) is -0.316. The number of aliphatic hydroxyl groups excluding tert-OH is 1. The quantitative estimate of drug-likeness (QED) is 0.583. The van der Waals surface area contributed by atoms with Crippen molar-refractivity contribution in [2.45, 2.75) is 50.4 Å². The van der Waals surface area contributed by atoms with E-state index in [1.54, 1.807) is 6.08 Å². The largest absolute Gasteiger partial charge is 0.394 e. The van der Waals surface area contributed by atoms with Gasteiger partial charge in [0.15, 0.2) is 0 Å². The van der Waals surface area contributed by atoms with Crippen molar-refractivity contribution in [2.75, 3.05) is 13.2 Å². The van der Waals surface area contributed by atoms with Gasteiger partial charge in [0.1, 0.15) is 6.10 Å². The van der Waals surface area contributed by atoms with Gasteiger partial charge in [-0.05, 0) is 31.6 Å². The zero-order chi connectivity index (χ0) is 15.5. The summed E-state index contributed by atoms with van der Waals surface area (Å²) in [5, 5.41) is 15.3. The molecule has 3 rings (SSSR count). The molecule has 3 aliphatic rings. The Bertz CT molecular complexity index is 457. The Morgan fingerprint density at radius 1 is 1.18 bits per heavy atom. The molecule has 6 heteroatoms. The molecular formula is C16H24N2O4. The van der Waals surface area contributed by atoms with E-state index in [-0.39, 0.29) is 42.9 Å². The molecule has 2 fully saturated rings. The zero-order valence-corrected chi connectivity index (χ0v) is 12.7. The number of nitrogens with one attached hydrogen (secondary N) is 2. The topological polar surface area (TPSA) is 87.7 Å². The van der Waals surface area contributed by atoms with Gasteiger partial charge in [0.25, 0.3) is 0 Å². The van der Waals surface area contributed by atoms with E-state index in [1.807, 2.05) is 6.08 Å². The van der Waals surface area contributed by atoms with Crippen LogP contribution in [-0.2, 0) is 14.3 Å². The Labute approximate surface area is 130 Å². The average Bonchev–Trinajstić information content (AvgIpc) is 3.40. The molecule has 0 aromatic carbocycles. The van der Waals surface area contributed by atoms with Gasteiger partial charge in [0.05, 0.1) is 25.2 Å². The van der Waals surface area contributed by atoms with Gasteiger partial charge in [-0.1, -0.05) is 12.2 Å². The molecule has 22 heavy (non-hydrogen) atoms. The van der Waals surface area contributed by atoms with Crippen LogP contribution in [0.3, 0.4) is 0 Å². The second-order valence-electron chi connectivity index (χ2n) is 6.54. The molecule has 0 bridgehead atoms. The van der Waals surface area contributed by atoms with Gasteiger partial charge in [0.2, 0.25) is 11.8 Å². The number of aliphatic hydroxyl groups is 1. The third-order valence-corrected chi connectivity index (χ3v) is 4.39. The van der Waals surface area contributed by atoms with Crippen LogP contribution in [-0.4, -0.2) is 48.3 Å². The van der Waals surface area contributed by atoms with E-state index in [9.17, 15) is 14.7 Å². The maximum atomic E-state index is 11.8. The highest BCUT2D eigenvalue weighted by atomic mass is 16.5. The van der Waals surface area contributed by atoms with Crippen LogP contribution < -0.4 is 10.6 Å². The van der Waals surface area contributed by atoms with Crippen molar-refractivity contribution in [2.24, 2.45) is 11.8 Å². The van der Waals surface area contributed by atoms with E-state index in [1.165, 1.54) is 12.8 Å². The fourth-order valence-corrected chi connectivity index (χ4v) is 2.60. The molecule has 2 saturated carbocycles. The van der Waals surface area contributed by atoms with E-state index in [0.717, 1.165) is 19.4 Å². The molecule has 122 valence electrons. The number of carbonyl (C=O) groups is 2. The third-order valence-electron chi connectivity index (χ3n) is 4.39. The Kier molecular flexibility index (Phi) is 4.78. The molecule has 0 spiro atoms. The first-order valence-electron chi connectivity index (χ1n) is 8.17. The first-order chi connectivity index (χ1) is 10.7. The standard InChI is InChI=1S/C16H24N2O4/c19-9-14-13(18-16(21)11-3-4-11)6-5-12(22-14)7-15(20)17-8-10-1-2-10/h5-6,10-14,19H,1-4,7-9H2,(H,17,20)(H,18,21)/t12-,13-,14-/m0/s1. The number of rotatable bonds is 7. The Morgan fingerprint density at radius 2 is 1.95 bits per heavy atom. The highest BCUT2D eigenvalue weighted by molar-refractivity contribution is 5.81. The second kappa shape index (κ2) is 6.79. The molecule has 3 atom stereocenters. The first-order valence-corrected chi connectivity index (χ1v) is 8.17. The van der Waals surface area contributed by atoms with Gasteiger partial charge in [-0.25, -0.2) is 0 Å². The summed E-state index contributed by atoms with van der Waals surface area (Å²) in [5.41, 5.74) is 0. The maximum Gasteiger partial charge on any atom is 0.223 e. The summed E-state index contributed by atoms with van der Waals surface area (Å²) in [7, 11) is 0. The highest BCUT2D eigenvalue weighted by Crippen LogP contribution is 2.29. The van der Waals surface area contributed by atoms with Gasteiger partial charge in [-0.2, -0.15) is 0 Å². The normalized spacial score (nSPS) is 30.9. The molecule has 2 aliphatic carbocycles. The molecule has 2 amide bonds. The molecule has 0 radical (unpaired) electrons.